The number of ketones is 2. The van der Waals surface area contributed by atoms with E-state index in [9.17, 15) is 10.2 Å². The summed E-state index contributed by atoms with van der Waals surface area (Å²) in [6, 6.07) is 9.98. The zero-order valence-corrected chi connectivity index (χ0v) is 52.0. The van der Waals surface area contributed by atoms with Crippen molar-refractivity contribution >= 4 is 22.6 Å². The molecular weight excluding hydrogens is 1030 g/mol. The first-order valence-electron chi connectivity index (χ1n) is 34.3. The summed E-state index contributed by atoms with van der Waals surface area (Å²) in [6.45, 7) is 21.3. The van der Waals surface area contributed by atoms with Crippen LogP contribution in [-0.4, -0.2) is 73.4 Å². The minimum atomic E-state index is -0.771. The van der Waals surface area contributed by atoms with E-state index in [1.54, 1.807) is 0 Å². The standard InChI is InChI=1S/C74H101N3O6/c1-9-10-12-21-54-64(80)59-57-53(63(79)65-70(5,72(54,57)7)29-24-56-71(6,51-19-15-16-20-51)66(81)58-52-25-31-75-60(52)46-23-30-74(58,38-46)73(56,65)8)42-77-41-50(61-62(77)47(40-76-61)22-28-69(59,4)39-55(78)67-68(2,3)83-67)36-43-34-48(44-17-13-11-14-18-44)37-49(35-43)45-26-32-82-33-27-45/h25,31,34-35,37,40-41,44-46,51,53-56,58,63,65,67,75-76,78-79H,9-24,26-30,32-33,36,38-39,42H2,1-8H3. The molecule has 448 valence electrons. The van der Waals surface area contributed by atoms with E-state index in [1.165, 1.54) is 101 Å². The highest BCUT2D eigenvalue weighted by atomic mass is 16.6. The van der Waals surface area contributed by atoms with E-state index in [2.05, 4.69) is 113 Å². The van der Waals surface area contributed by atoms with Gasteiger partial charge in [0.15, 0.2) is 5.78 Å². The molecule has 0 amide bonds. The average molecular weight is 1130 g/mol. The largest absolute Gasteiger partial charge is 0.392 e. The number of rotatable bonds is 12. The summed E-state index contributed by atoms with van der Waals surface area (Å²) in [5.74, 6) is 1.76. The Hall–Kier alpha value is -3.76. The second-order valence-corrected chi connectivity index (χ2v) is 32.0. The first-order valence-corrected chi connectivity index (χ1v) is 34.3. The quantitative estimate of drug-likeness (QED) is 0.0825. The van der Waals surface area contributed by atoms with Crippen molar-refractivity contribution in [1.82, 2.24) is 14.5 Å². The number of hydrogen-bond donors (Lipinski definition) is 4. The third-order valence-electron chi connectivity index (χ3n) is 28.0. The van der Waals surface area contributed by atoms with Gasteiger partial charge in [-0.2, -0.15) is 0 Å². The summed E-state index contributed by atoms with van der Waals surface area (Å²) >= 11 is 0. The number of Topliss-reactive ketones (excluding diaryl/α,β-unsaturated/α-hetero) is 2. The topological polar surface area (TPSA) is 133 Å². The van der Waals surface area contributed by atoms with Crippen molar-refractivity contribution in [1.29, 1.82) is 0 Å². The number of hydrogen-bond acceptors (Lipinski definition) is 6. The smallest absolute Gasteiger partial charge is 0.163 e. The number of aryl methyl sites for hydroxylation is 1. The van der Waals surface area contributed by atoms with Gasteiger partial charge in [0.2, 0.25) is 0 Å². The zero-order valence-electron chi connectivity index (χ0n) is 52.0. The minimum Gasteiger partial charge on any atom is -0.392 e. The molecule has 6 heterocycles. The lowest BCUT2D eigenvalue weighted by Crippen LogP contribution is -2.75. The van der Waals surface area contributed by atoms with Gasteiger partial charge in [-0.1, -0.05) is 111 Å². The number of benzene rings is 1. The zero-order chi connectivity index (χ0) is 57.4. The molecule has 11 aliphatic rings. The normalized spacial score (nSPS) is 40.7. The Kier molecular flexibility index (Phi) is 13.2. The van der Waals surface area contributed by atoms with Crippen LogP contribution < -0.4 is 0 Å². The molecule has 8 aliphatic carbocycles. The van der Waals surface area contributed by atoms with Crippen LogP contribution in [0.2, 0.25) is 0 Å². The van der Waals surface area contributed by atoms with Crippen LogP contribution in [0.25, 0.3) is 11.0 Å². The molecular formula is C74H101N3O6. The molecule has 1 aromatic carbocycles. The molecule has 2 bridgehead atoms. The van der Waals surface area contributed by atoms with Crippen molar-refractivity contribution in [2.24, 2.45) is 62.1 Å². The van der Waals surface area contributed by atoms with Crippen LogP contribution in [0.4, 0.5) is 0 Å². The fourth-order valence-corrected chi connectivity index (χ4v) is 24.0. The van der Waals surface area contributed by atoms with Gasteiger partial charge in [-0.25, -0.2) is 0 Å². The molecule has 9 heteroatoms. The van der Waals surface area contributed by atoms with Crippen molar-refractivity contribution in [3.05, 3.63) is 93.1 Å². The number of nitrogens with one attached hydrogen (secondary N) is 2. The van der Waals surface area contributed by atoms with Crippen molar-refractivity contribution < 1.29 is 29.3 Å². The maximum atomic E-state index is 16.9. The summed E-state index contributed by atoms with van der Waals surface area (Å²) in [4.78, 5) is 41.0. The predicted octanol–water partition coefficient (Wildman–Crippen LogP) is 15.7. The first-order chi connectivity index (χ1) is 39.8. The van der Waals surface area contributed by atoms with Gasteiger partial charge in [0.1, 0.15) is 11.9 Å². The van der Waals surface area contributed by atoms with Gasteiger partial charge >= 0.3 is 0 Å². The molecule has 8 fully saturated rings. The van der Waals surface area contributed by atoms with Gasteiger partial charge in [0.25, 0.3) is 0 Å². The maximum absolute atomic E-state index is 16.9. The van der Waals surface area contributed by atoms with Crippen LogP contribution >= 0.6 is 0 Å². The Morgan fingerprint density at radius 2 is 1.54 bits per heavy atom. The molecule has 1 spiro atoms. The Morgan fingerprint density at radius 1 is 0.819 bits per heavy atom. The number of ether oxygens (including phenoxy) is 2. The highest BCUT2D eigenvalue weighted by Crippen LogP contribution is 2.85. The lowest BCUT2D eigenvalue weighted by atomic mass is 9.27. The van der Waals surface area contributed by atoms with Gasteiger partial charge in [-0.15, -0.1) is 0 Å². The van der Waals surface area contributed by atoms with Gasteiger partial charge < -0.3 is 34.2 Å². The molecule has 15 unspecified atom stereocenters. The van der Waals surface area contributed by atoms with E-state index in [0.717, 1.165) is 115 Å². The number of aromatic nitrogens is 3. The highest BCUT2D eigenvalue weighted by Gasteiger charge is 2.82. The molecule has 4 N–H and O–H groups in total. The minimum absolute atomic E-state index is 0.122. The number of carbonyl (C=O) groups is 2. The van der Waals surface area contributed by atoms with Crippen LogP contribution in [0.15, 0.2) is 54.0 Å². The van der Waals surface area contributed by atoms with E-state index in [1.807, 2.05) is 0 Å². The predicted molar refractivity (Wildman–Crippen MR) is 327 cm³/mol. The fourth-order valence-electron chi connectivity index (χ4n) is 24.0. The molecule has 6 saturated carbocycles. The number of carbonyl (C=O) groups excluding carboxylic acids is 2. The van der Waals surface area contributed by atoms with E-state index in [4.69, 9.17) is 9.47 Å². The number of epoxide rings is 1. The third-order valence-corrected chi connectivity index (χ3v) is 28.0. The van der Waals surface area contributed by atoms with E-state index < -0.39 is 44.9 Å². The molecule has 15 atom stereocenters. The lowest BCUT2D eigenvalue weighted by Gasteiger charge is -2.76. The number of H-pyrrole nitrogens is 2. The van der Waals surface area contributed by atoms with Crippen LogP contribution in [0.1, 0.15) is 259 Å². The molecule has 15 rings (SSSR count). The number of unbranched alkanes of at least 4 members (excludes halogenated alkanes) is 2. The highest BCUT2D eigenvalue weighted by molar-refractivity contribution is 6.04. The number of nitrogens with zero attached hydrogens (tertiary/aromatic N) is 1. The van der Waals surface area contributed by atoms with Crippen molar-refractivity contribution in [2.45, 2.75) is 264 Å². The number of allylic oxidation sites excluding steroid dienone is 1. The summed E-state index contributed by atoms with van der Waals surface area (Å²) < 4.78 is 14.8. The van der Waals surface area contributed by atoms with Gasteiger partial charge in [0.05, 0.1) is 34.8 Å². The Balaban J connectivity index is 0.934. The number of aromatic amines is 2. The molecule has 9 nitrogen and oxygen atoms in total. The molecule has 3 aliphatic heterocycles. The average Bonchev–Trinajstić information content (AvgIpc) is 1.65. The van der Waals surface area contributed by atoms with Crippen LogP contribution in [0, 0.1) is 62.1 Å². The summed E-state index contributed by atoms with van der Waals surface area (Å²) in [7, 11) is 0. The number of aliphatic hydroxyl groups excluding tert-OH is 2. The van der Waals surface area contributed by atoms with Crippen LogP contribution in [-0.2, 0) is 38.4 Å². The Morgan fingerprint density at radius 3 is 2.27 bits per heavy atom. The van der Waals surface area contributed by atoms with E-state index in [0.29, 0.717) is 54.6 Å². The van der Waals surface area contributed by atoms with Crippen LogP contribution in [0.3, 0.4) is 0 Å². The summed E-state index contributed by atoms with van der Waals surface area (Å²) in [5, 5.41) is 27.5. The molecule has 3 aromatic heterocycles. The Labute approximate surface area is 496 Å². The third kappa shape index (κ3) is 7.75. The van der Waals surface area contributed by atoms with Gasteiger partial charge in [0, 0.05) is 78.7 Å². The first kappa shape index (κ1) is 55.8. The monoisotopic (exact) mass is 1130 g/mol. The SMILES string of the molecule is CCCCCC1C(=O)C2=C3C(Cn4cc(Cc5cc(C6CCCCC6)cc(C6CCOCC6)c5)c5[nH]cc(c54)CCC2(C)CC(O)C2OC2(C)C)C(O)C2C(C)(CCC4C(C)(C5CCCC5)C(=O)C5c6cc[nH]c6C6CCC5(C6)C42C)C31C. The van der Waals surface area contributed by atoms with E-state index in [-0.39, 0.29) is 41.1 Å². The Bertz CT molecular complexity index is 3210. The second-order valence-electron chi connectivity index (χ2n) is 32.0. The van der Waals surface area contributed by atoms with Crippen molar-refractivity contribution in [3.8, 4) is 0 Å². The fraction of sp³-hybridized carbons (Fsp3) is 0.730. The summed E-state index contributed by atoms with van der Waals surface area (Å²) in [5.41, 5.74) is 10.8. The molecule has 83 heavy (non-hydrogen) atoms. The van der Waals surface area contributed by atoms with Crippen molar-refractivity contribution in [3.63, 3.8) is 0 Å². The van der Waals surface area contributed by atoms with Gasteiger partial charge in [-0.3, -0.25) is 9.59 Å². The maximum Gasteiger partial charge on any atom is 0.163 e. The number of aliphatic hydroxyl groups is 2. The van der Waals surface area contributed by atoms with Gasteiger partial charge in [-0.05, 0) is 212 Å². The second kappa shape index (κ2) is 19.6. The molecule has 4 aromatic rings. The van der Waals surface area contributed by atoms with Crippen molar-refractivity contribution in [2.75, 3.05) is 13.2 Å². The molecule has 0 radical (unpaired) electrons. The van der Waals surface area contributed by atoms with Crippen LogP contribution in [0.5, 0.6) is 0 Å². The number of fused-ring (bicyclic) bond motifs is 8. The lowest BCUT2D eigenvalue weighted by molar-refractivity contribution is -0.275. The summed E-state index contributed by atoms with van der Waals surface area (Å²) in [6.07, 6.45) is 29.9. The van der Waals surface area contributed by atoms with E-state index >= 15 is 9.59 Å². The molecule has 2 saturated heterocycles.